The fourth-order valence-corrected chi connectivity index (χ4v) is 1.84. The Morgan fingerprint density at radius 1 is 1.29 bits per heavy atom. The predicted molar refractivity (Wildman–Crippen MR) is 79.2 cm³/mol. The molecule has 0 bridgehead atoms. The summed E-state index contributed by atoms with van der Waals surface area (Å²) in [6.45, 7) is 7.74. The Hall–Kier alpha value is -2.44. The molecule has 7 nitrogen and oxygen atoms in total. The maximum Gasteiger partial charge on any atom is 0.293 e. The number of anilines is 1. The van der Waals surface area contributed by atoms with Gasteiger partial charge >= 0.3 is 0 Å². The van der Waals surface area contributed by atoms with Gasteiger partial charge in [0.25, 0.3) is 11.6 Å². The van der Waals surface area contributed by atoms with Crippen LogP contribution in [0.2, 0.25) is 0 Å². The first-order chi connectivity index (χ1) is 9.88. The molecule has 1 heterocycles. The van der Waals surface area contributed by atoms with E-state index in [0.29, 0.717) is 17.1 Å². The van der Waals surface area contributed by atoms with Crippen molar-refractivity contribution in [3.63, 3.8) is 0 Å². The Kier molecular flexibility index (Phi) is 4.21. The van der Waals surface area contributed by atoms with Crippen molar-refractivity contribution in [3.05, 3.63) is 34.1 Å². The number of benzene rings is 1. The summed E-state index contributed by atoms with van der Waals surface area (Å²) in [5.74, 6) is 1.01. The fourth-order valence-electron chi connectivity index (χ4n) is 1.84. The van der Waals surface area contributed by atoms with Crippen LogP contribution in [0.1, 0.15) is 39.4 Å². The minimum Gasteiger partial charge on any atom is -0.377 e. The molecule has 0 aliphatic heterocycles. The number of rotatable bonds is 5. The topological polar surface area (TPSA) is 94.1 Å². The fraction of sp³-hybridized carbons (Fsp3) is 0.429. The molecule has 2 rings (SSSR count). The van der Waals surface area contributed by atoms with Crippen LogP contribution in [0.25, 0.3) is 11.5 Å². The van der Waals surface area contributed by atoms with E-state index in [1.165, 1.54) is 6.07 Å². The number of nitrogens with zero attached hydrogens (tertiary/aromatic N) is 3. The average Bonchev–Trinajstić information content (AvgIpc) is 2.88. The molecule has 2 aromatic rings. The quantitative estimate of drug-likeness (QED) is 0.668. The van der Waals surface area contributed by atoms with Gasteiger partial charge in [-0.15, -0.1) is 0 Å². The molecule has 7 heteroatoms. The molecular formula is C14H18N4O3. The highest BCUT2D eigenvalue weighted by Gasteiger charge is 2.19. The summed E-state index contributed by atoms with van der Waals surface area (Å²) in [5.41, 5.74) is 1.00. The molecule has 112 valence electrons. The lowest BCUT2D eigenvalue weighted by atomic mass is 10.1. The molecule has 21 heavy (non-hydrogen) atoms. The molecule has 0 fully saturated rings. The van der Waals surface area contributed by atoms with E-state index in [2.05, 4.69) is 15.5 Å². The third-order valence-electron chi connectivity index (χ3n) is 2.84. The van der Waals surface area contributed by atoms with Gasteiger partial charge in [-0.25, -0.2) is 0 Å². The second-order valence-electron chi connectivity index (χ2n) is 5.40. The first kappa shape index (κ1) is 15.0. The Bertz CT molecular complexity index is 649. The van der Waals surface area contributed by atoms with E-state index in [1.54, 1.807) is 12.1 Å². The molecule has 0 saturated heterocycles. The van der Waals surface area contributed by atoms with Crippen LogP contribution in [0.15, 0.2) is 22.7 Å². The number of hydrogen-bond donors (Lipinski definition) is 1. The zero-order valence-electron chi connectivity index (χ0n) is 12.5. The predicted octanol–water partition coefficient (Wildman–Crippen LogP) is 3.59. The van der Waals surface area contributed by atoms with E-state index in [1.807, 2.05) is 27.7 Å². The summed E-state index contributed by atoms with van der Waals surface area (Å²) in [7, 11) is 0. The van der Waals surface area contributed by atoms with Gasteiger partial charge in [-0.3, -0.25) is 10.1 Å². The van der Waals surface area contributed by atoms with Crippen molar-refractivity contribution in [1.29, 1.82) is 0 Å². The zero-order valence-corrected chi connectivity index (χ0v) is 12.5. The lowest BCUT2D eigenvalue weighted by molar-refractivity contribution is -0.383. The van der Waals surface area contributed by atoms with Crippen LogP contribution in [-0.2, 0) is 0 Å². The number of nitrogens with one attached hydrogen (secondary N) is 1. The third kappa shape index (κ3) is 3.36. The van der Waals surface area contributed by atoms with Crippen LogP contribution in [0.5, 0.6) is 0 Å². The van der Waals surface area contributed by atoms with Gasteiger partial charge in [0.15, 0.2) is 5.82 Å². The minimum atomic E-state index is -0.423. The lowest BCUT2D eigenvalue weighted by Gasteiger charge is -2.10. The van der Waals surface area contributed by atoms with Crippen molar-refractivity contribution in [2.75, 3.05) is 5.32 Å². The van der Waals surface area contributed by atoms with Crippen molar-refractivity contribution >= 4 is 11.4 Å². The summed E-state index contributed by atoms with van der Waals surface area (Å²) in [6.07, 6.45) is 0. The van der Waals surface area contributed by atoms with Crippen LogP contribution < -0.4 is 5.32 Å². The van der Waals surface area contributed by atoms with E-state index in [-0.39, 0.29) is 23.5 Å². The van der Waals surface area contributed by atoms with Gasteiger partial charge in [-0.05, 0) is 26.0 Å². The van der Waals surface area contributed by atoms with Crippen molar-refractivity contribution in [2.24, 2.45) is 0 Å². The van der Waals surface area contributed by atoms with Crippen LogP contribution >= 0.6 is 0 Å². The summed E-state index contributed by atoms with van der Waals surface area (Å²) in [6, 6.07) is 4.94. The number of nitro benzene ring substituents is 1. The van der Waals surface area contributed by atoms with Crippen molar-refractivity contribution in [3.8, 4) is 11.5 Å². The second-order valence-corrected chi connectivity index (χ2v) is 5.40. The maximum absolute atomic E-state index is 11.2. The van der Waals surface area contributed by atoms with Crippen LogP contribution in [0, 0.1) is 10.1 Å². The Morgan fingerprint density at radius 2 is 2.00 bits per heavy atom. The van der Waals surface area contributed by atoms with E-state index in [0.717, 1.165) is 0 Å². The zero-order chi connectivity index (χ0) is 15.6. The first-order valence-electron chi connectivity index (χ1n) is 6.77. The van der Waals surface area contributed by atoms with E-state index in [9.17, 15) is 10.1 Å². The highest BCUT2D eigenvalue weighted by molar-refractivity contribution is 5.70. The van der Waals surface area contributed by atoms with Gasteiger partial charge in [0.05, 0.1) is 4.92 Å². The first-order valence-corrected chi connectivity index (χ1v) is 6.77. The van der Waals surface area contributed by atoms with E-state index < -0.39 is 4.92 Å². The van der Waals surface area contributed by atoms with Gasteiger partial charge in [0, 0.05) is 23.6 Å². The molecule has 0 unspecified atom stereocenters. The van der Waals surface area contributed by atoms with Gasteiger partial charge < -0.3 is 9.84 Å². The molecule has 1 aromatic carbocycles. The largest absolute Gasteiger partial charge is 0.377 e. The molecule has 0 saturated carbocycles. The standard InChI is InChI=1S/C14H18N4O3/c1-8(2)13-16-14(21-17-13)10-5-6-11(15-9(3)4)12(7-10)18(19)20/h5-9,15H,1-4H3. The number of nitro groups is 1. The summed E-state index contributed by atoms with van der Waals surface area (Å²) in [4.78, 5) is 15.0. The normalized spacial score (nSPS) is 11.1. The summed E-state index contributed by atoms with van der Waals surface area (Å²) >= 11 is 0. The second kappa shape index (κ2) is 5.90. The van der Waals surface area contributed by atoms with Gasteiger partial charge in [-0.2, -0.15) is 4.98 Å². The monoisotopic (exact) mass is 290 g/mol. The molecule has 0 radical (unpaired) electrons. The highest BCUT2D eigenvalue weighted by Crippen LogP contribution is 2.30. The smallest absolute Gasteiger partial charge is 0.293 e. The molecule has 1 aromatic heterocycles. The van der Waals surface area contributed by atoms with Crippen LogP contribution in [0.3, 0.4) is 0 Å². The van der Waals surface area contributed by atoms with E-state index >= 15 is 0 Å². The summed E-state index contributed by atoms with van der Waals surface area (Å²) < 4.78 is 5.16. The van der Waals surface area contributed by atoms with Crippen molar-refractivity contribution in [2.45, 2.75) is 39.7 Å². The molecule has 0 aliphatic carbocycles. The van der Waals surface area contributed by atoms with Crippen LogP contribution in [0.4, 0.5) is 11.4 Å². The Morgan fingerprint density at radius 3 is 2.52 bits per heavy atom. The van der Waals surface area contributed by atoms with Gasteiger partial charge in [0.2, 0.25) is 0 Å². The van der Waals surface area contributed by atoms with Crippen LogP contribution in [-0.4, -0.2) is 21.1 Å². The molecule has 1 N–H and O–H groups in total. The molecule has 0 amide bonds. The maximum atomic E-state index is 11.2. The van der Waals surface area contributed by atoms with E-state index in [4.69, 9.17) is 4.52 Å². The van der Waals surface area contributed by atoms with Gasteiger partial charge in [0.1, 0.15) is 5.69 Å². The summed E-state index contributed by atoms with van der Waals surface area (Å²) in [5, 5.41) is 18.1. The number of aromatic nitrogens is 2. The molecule has 0 aliphatic rings. The van der Waals surface area contributed by atoms with Crippen molar-refractivity contribution < 1.29 is 9.45 Å². The Balaban J connectivity index is 2.41. The Labute approximate surface area is 122 Å². The third-order valence-corrected chi connectivity index (χ3v) is 2.84. The molecule has 0 atom stereocenters. The highest BCUT2D eigenvalue weighted by atomic mass is 16.6. The SMILES string of the molecule is CC(C)Nc1ccc(-c2nc(C(C)C)no2)cc1[N+](=O)[O-]. The van der Waals surface area contributed by atoms with Crippen molar-refractivity contribution in [1.82, 2.24) is 10.1 Å². The molecular weight excluding hydrogens is 272 g/mol. The minimum absolute atomic E-state index is 0.00880. The average molecular weight is 290 g/mol. The molecule has 0 spiro atoms. The number of hydrogen-bond acceptors (Lipinski definition) is 6. The lowest BCUT2D eigenvalue weighted by Crippen LogP contribution is -2.11. The van der Waals surface area contributed by atoms with Gasteiger partial charge in [-0.1, -0.05) is 19.0 Å².